The van der Waals surface area contributed by atoms with E-state index in [0.29, 0.717) is 17.9 Å². The van der Waals surface area contributed by atoms with Crippen LogP contribution in [0.3, 0.4) is 0 Å². The normalized spacial score (nSPS) is 11.6. The van der Waals surface area contributed by atoms with Gasteiger partial charge in [0.1, 0.15) is 11.5 Å². The van der Waals surface area contributed by atoms with E-state index in [9.17, 15) is 9.59 Å². The zero-order valence-electron chi connectivity index (χ0n) is 13.4. The molecule has 0 fully saturated rings. The van der Waals surface area contributed by atoms with Gasteiger partial charge in [-0.15, -0.1) is 0 Å². The molecule has 6 nitrogen and oxygen atoms in total. The third-order valence-electron chi connectivity index (χ3n) is 3.27. The molecule has 0 radical (unpaired) electrons. The van der Waals surface area contributed by atoms with Gasteiger partial charge >= 0.3 is 11.8 Å². The molecule has 0 saturated carbocycles. The Hall–Kier alpha value is -2.76. The van der Waals surface area contributed by atoms with Gasteiger partial charge in [-0.2, -0.15) is 0 Å². The molecule has 2 aromatic rings. The maximum atomic E-state index is 12.0. The first-order chi connectivity index (χ1) is 11.0. The predicted molar refractivity (Wildman–Crippen MR) is 86.4 cm³/mol. The molecule has 1 aromatic heterocycles. The van der Waals surface area contributed by atoms with Crippen LogP contribution in [0.2, 0.25) is 0 Å². The molecule has 2 rings (SSSR count). The van der Waals surface area contributed by atoms with Crippen molar-refractivity contribution in [1.29, 1.82) is 0 Å². The van der Waals surface area contributed by atoms with Gasteiger partial charge in [0, 0.05) is 12.5 Å². The number of carbonyl (C=O) groups is 2. The van der Waals surface area contributed by atoms with Gasteiger partial charge in [0.05, 0.1) is 19.1 Å². The van der Waals surface area contributed by atoms with Crippen molar-refractivity contribution in [1.82, 2.24) is 5.32 Å². The first kappa shape index (κ1) is 16.6. The highest BCUT2D eigenvalue weighted by Gasteiger charge is 2.18. The molecular weight excluding hydrogens is 296 g/mol. The zero-order chi connectivity index (χ0) is 16.8. The second-order valence-corrected chi connectivity index (χ2v) is 5.32. The van der Waals surface area contributed by atoms with Crippen LogP contribution < -0.4 is 15.4 Å². The largest absolute Gasteiger partial charge is 0.495 e. The van der Waals surface area contributed by atoms with Crippen LogP contribution in [0.15, 0.2) is 41.0 Å². The van der Waals surface area contributed by atoms with Gasteiger partial charge < -0.3 is 19.8 Å². The minimum atomic E-state index is -0.736. The quantitative estimate of drug-likeness (QED) is 0.829. The Balaban J connectivity index is 1.95. The van der Waals surface area contributed by atoms with E-state index in [4.69, 9.17) is 9.15 Å². The van der Waals surface area contributed by atoms with Gasteiger partial charge in [0.25, 0.3) is 0 Å². The summed E-state index contributed by atoms with van der Waals surface area (Å²) >= 11 is 0. The van der Waals surface area contributed by atoms with E-state index in [0.717, 1.165) is 11.3 Å². The van der Waals surface area contributed by atoms with Gasteiger partial charge in [0.15, 0.2) is 0 Å². The third-order valence-corrected chi connectivity index (χ3v) is 3.27. The number of methoxy groups -OCH3 is 1. The predicted octanol–water partition coefficient (Wildman–Crippen LogP) is 2.28. The van der Waals surface area contributed by atoms with E-state index in [1.165, 1.54) is 7.11 Å². The summed E-state index contributed by atoms with van der Waals surface area (Å²) in [6.07, 6.45) is 2.08. The SMILES string of the molecule is COc1ccc(C)cc1NC(=O)C(=O)NC(C)Cc1ccco1. The minimum Gasteiger partial charge on any atom is -0.495 e. The highest BCUT2D eigenvalue weighted by Crippen LogP contribution is 2.25. The molecule has 1 aromatic carbocycles. The van der Waals surface area contributed by atoms with Gasteiger partial charge in [0.2, 0.25) is 0 Å². The molecule has 1 heterocycles. The standard InChI is InChI=1S/C17H20N2O4/c1-11-6-7-15(22-3)14(9-11)19-17(21)16(20)18-12(2)10-13-5-4-8-23-13/h4-9,12H,10H2,1-3H3,(H,18,20)(H,19,21). The van der Waals surface area contributed by atoms with E-state index in [-0.39, 0.29) is 6.04 Å². The average molecular weight is 316 g/mol. The summed E-state index contributed by atoms with van der Waals surface area (Å²) in [6, 6.07) is 8.72. The Kier molecular flexibility index (Phi) is 5.41. The Morgan fingerprint density at radius 2 is 2.04 bits per heavy atom. The molecule has 6 heteroatoms. The molecular formula is C17H20N2O4. The highest BCUT2D eigenvalue weighted by molar-refractivity contribution is 6.39. The van der Waals surface area contributed by atoms with Crippen LogP contribution in [0, 0.1) is 6.92 Å². The van der Waals surface area contributed by atoms with Gasteiger partial charge in [-0.25, -0.2) is 0 Å². The summed E-state index contributed by atoms with van der Waals surface area (Å²) < 4.78 is 10.4. The van der Waals surface area contributed by atoms with Gasteiger partial charge in [-0.3, -0.25) is 9.59 Å². The number of anilines is 1. The summed E-state index contributed by atoms with van der Waals surface area (Å²) in [5.74, 6) is -0.188. The van der Waals surface area contributed by atoms with Crippen molar-refractivity contribution in [3.05, 3.63) is 47.9 Å². The van der Waals surface area contributed by atoms with Crippen LogP contribution in [-0.4, -0.2) is 25.0 Å². The zero-order valence-corrected chi connectivity index (χ0v) is 13.4. The van der Waals surface area contributed by atoms with Crippen molar-refractivity contribution >= 4 is 17.5 Å². The van der Waals surface area contributed by atoms with E-state index >= 15 is 0 Å². The molecule has 23 heavy (non-hydrogen) atoms. The number of furan rings is 1. The minimum absolute atomic E-state index is 0.223. The Labute approximate surface area is 134 Å². The number of benzene rings is 1. The Morgan fingerprint density at radius 1 is 1.26 bits per heavy atom. The molecule has 0 aliphatic heterocycles. The molecule has 2 N–H and O–H groups in total. The smallest absolute Gasteiger partial charge is 0.313 e. The molecule has 1 atom stereocenters. The molecule has 0 aliphatic carbocycles. The van der Waals surface area contributed by atoms with Crippen molar-refractivity contribution in [2.24, 2.45) is 0 Å². The third kappa shape index (κ3) is 4.60. The lowest BCUT2D eigenvalue weighted by Gasteiger charge is -2.14. The summed E-state index contributed by atoms with van der Waals surface area (Å²) in [5, 5.41) is 5.21. The monoisotopic (exact) mass is 316 g/mol. The second-order valence-electron chi connectivity index (χ2n) is 5.32. The molecule has 2 amide bonds. The molecule has 0 spiro atoms. The van der Waals surface area contributed by atoms with Crippen molar-refractivity contribution in [2.45, 2.75) is 26.3 Å². The lowest BCUT2D eigenvalue weighted by molar-refractivity contribution is -0.136. The lowest BCUT2D eigenvalue weighted by Crippen LogP contribution is -2.41. The van der Waals surface area contributed by atoms with Crippen molar-refractivity contribution in [3.63, 3.8) is 0 Å². The first-order valence-electron chi connectivity index (χ1n) is 7.28. The topological polar surface area (TPSA) is 80.6 Å². The van der Waals surface area contributed by atoms with Crippen molar-refractivity contribution < 1.29 is 18.7 Å². The molecule has 1 unspecified atom stereocenters. The van der Waals surface area contributed by atoms with E-state index in [1.54, 1.807) is 31.4 Å². The van der Waals surface area contributed by atoms with Crippen LogP contribution in [0.4, 0.5) is 5.69 Å². The number of hydrogen-bond acceptors (Lipinski definition) is 4. The maximum Gasteiger partial charge on any atom is 0.313 e. The van der Waals surface area contributed by atoms with Crippen LogP contribution in [-0.2, 0) is 16.0 Å². The fourth-order valence-electron chi connectivity index (χ4n) is 2.17. The second kappa shape index (κ2) is 7.49. The number of nitrogens with one attached hydrogen (secondary N) is 2. The molecule has 0 bridgehead atoms. The summed E-state index contributed by atoms with van der Waals surface area (Å²) in [4.78, 5) is 24.0. The molecule has 0 aliphatic rings. The summed E-state index contributed by atoms with van der Waals surface area (Å²) in [7, 11) is 1.51. The number of hydrogen-bond donors (Lipinski definition) is 2. The fraction of sp³-hybridized carbons (Fsp3) is 0.294. The maximum absolute atomic E-state index is 12.0. The van der Waals surface area contributed by atoms with Crippen LogP contribution in [0.1, 0.15) is 18.2 Å². The number of rotatable bonds is 5. The van der Waals surface area contributed by atoms with Crippen LogP contribution >= 0.6 is 0 Å². The molecule has 0 saturated heterocycles. The molecule has 122 valence electrons. The number of aryl methyl sites for hydroxylation is 1. The van der Waals surface area contributed by atoms with Crippen molar-refractivity contribution in [3.8, 4) is 5.75 Å². The van der Waals surface area contributed by atoms with Gasteiger partial charge in [-0.1, -0.05) is 6.07 Å². The Morgan fingerprint density at radius 3 is 2.70 bits per heavy atom. The van der Waals surface area contributed by atoms with E-state index in [1.807, 2.05) is 19.1 Å². The summed E-state index contributed by atoms with van der Waals surface area (Å²) in [6.45, 7) is 3.70. The number of ether oxygens (including phenoxy) is 1. The number of carbonyl (C=O) groups excluding carboxylic acids is 2. The van der Waals surface area contributed by atoms with E-state index in [2.05, 4.69) is 10.6 Å². The highest BCUT2D eigenvalue weighted by atomic mass is 16.5. The first-order valence-corrected chi connectivity index (χ1v) is 7.28. The van der Waals surface area contributed by atoms with Crippen molar-refractivity contribution in [2.75, 3.05) is 12.4 Å². The summed E-state index contributed by atoms with van der Waals surface area (Å²) in [5.41, 5.74) is 1.42. The average Bonchev–Trinajstić information content (AvgIpc) is 3.00. The van der Waals surface area contributed by atoms with E-state index < -0.39 is 11.8 Å². The lowest BCUT2D eigenvalue weighted by atomic mass is 10.2. The van der Waals surface area contributed by atoms with Gasteiger partial charge in [-0.05, 0) is 43.7 Å². The number of amides is 2. The Bertz CT molecular complexity index is 680. The van der Waals surface area contributed by atoms with Crippen LogP contribution in [0.25, 0.3) is 0 Å². The fourth-order valence-corrected chi connectivity index (χ4v) is 2.17. The van der Waals surface area contributed by atoms with Crippen LogP contribution in [0.5, 0.6) is 5.75 Å².